The van der Waals surface area contributed by atoms with Crippen molar-refractivity contribution in [2.45, 2.75) is 13.0 Å². The van der Waals surface area contributed by atoms with Gasteiger partial charge in [0.1, 0.15) is 19.0 Å². The van der Waals surface area contributed by atoms with Crippen molar-refractivity contribution in [1.29, 1.82) is 5.41 Å². The minimum atomic E-state index is 0.614. The Morgan fingerprint density at radius 1 is 1.00 bits per heavy atom. The Morgan fingerprint density at radius 2 is 1.82 bits per heavy atom. The molecule has 0 radical (unpaired) electrons. The van der Waals surface area contributed by atoms with Gasteiger partial charge in [0.15, 0.2) is 11.5 Å². The fourth-order valence-corrected chi connectivity index (χ4v) is 3.04. The van der Waals surface area contributed by atoms with Gasteiger partial charge in [-0.25, -0.2) is 0 Å². The number of hydrogen-bond acceptors (Lipinski definition) is 3. The second-order valence-corrected chi connectivity index (χ2v) is 5.66. The molecule has 2 heterocycles. The molecule has 0 saturated carbocycles. The van der Waals surface area contributed by atoms with E-state index in [2.05, 4.69) is 23.1 Å². The van der Waals surface area contributed by atoms with E-state index in [1.165, 1.54) is 11.1 Å². The van der Waals surface area contributed by atoms with Gasteiger partial charge in [0.05, 0.1) is 0 Å². The Bertz CT molecular complexity index is 727. The molecule has 4 rings (SSSR count). The molecule has 0 saturated heterocycles. The van der Waals surface area contributed by atoms with Crippen molar-refractivity contribution in [2.24, 2.45) is 0 Å². The molecule has 2 aromatic carbocycles. The molecule has 0 aliphatic carbocycles. The van der Waals surface area contributed by atoms with Crippen molar-refractivity contribution in [2.75, 3.05) is 19.8 Å². The third-order valence-electron chi connectivity index (χ3n) is 4.23. The summed E-state index contributed by atoms with van der Waals surface area (Å²) in [7, 11) is 0. The topological polar surface area (TPSA) is 45.6 Å². The average molecular weight is 294 g/mol. The van der Waals surface area contributed by atoms with E-state index in [0.717, 1.165) is 36.6 Å². The molecule has 0 bridgehead atoms. The van der Waals surface area contributed by atoms with E-state index < -0.39 is 0 Å². The van der Waals surface area contributed by atoms with Crippen molar-refractivity contribution in [3.63, 3.8) is 0 Å². The highest BCUT2D eigenvalue weighted by atomic mass is 16.6. The van der Waals surface area contributed by atoms with Crippen molar-refractivity contribution in [3.05, 3.63) is 59.2 Å². The molecule has 0 spiro atoms. The van der Waals surface area contributed by atoms with Gasteiger partial charge in [0.2, 0.25) is 0 Å². The molecule has 1 N–H and O–H groups in total. The van der Waals surface area contributed by atoms with Gasteiger partial charge >= 0.3 is 0 Å². The summed E-state index contributed by atoms with van der Waals surface area (Å²) in [6.07, 6.45) is 0.896. The minimum Gasteiger partial charge on any atom is -0.486 e. The number of fused-ring (bicyclic) bond motifs is 2. The van der Waals surface area contributed by atoms with Crippen LogP contribution in [0.15, 0.2) is 42.5 Å². The smallest absolute Gasteiger partial charge is 0.161 e. The van der Waals surface area contributed by atoms with E-state index in [-0.39, 0.29) is 0 Å². The molecule has 22 heavy (non-hydrogen) atoms. The summed E-state index contributed by atoms with van der Waals surface area (Å²) in [6.45, 7) is 2.91. The zero-order valence-electron chi connectivity index (χ0n) is 12.3. The quantitative estimate of drug-likeness (QED) is 0.947. The summed E-state index contributed by atoms with van der Waals surface area (Å²) in [6, 6.07) is 14.3. The molecule has 0 atom stereocenters. The first kappa shape index (κ1) is 13.2. The standard InChI is InChI=1S/C18H18N2O2/c19-18-15-4-2-1-3-14(15)12-20(18)8-7-13-5-6-16-17(11-13)22-10-9-21-16/h1-6,11,19H,7-10,12H2. The van der Waals surface area contributed by atoms with E-state index in [0.29, 0.717) is 19.0 Å². The van der Waals surface area contributed by atoms with Gasteiger partial charge in [0, 0.05) is 18.7 Å². The van der Waals surface area contributed by atoms with Crippen LogP contribution in [0.25, 0.3) is 0 Å². The Morgan fingerprint density at radius 3 is 2.68 bits per heavy atom. The molecule has 0 fully saturated rings. The summed E-state index contributed by atoms with van der Waals surface area (Å²) in [4.78, 5) is 2.13. The van der Waals surface area contributed by atoms with Gasteiger partial charge in [0.25, 0.3) is 0 Å². The number of nitrogens with one attached hydrogen (secondary N) is 1. The fraction of sp³-hybridized carbons (Fsp3) is 0.278. The summed E-state index contributed by atoms with van der Waals surface area (Å²) >= 11 is 0. The van der Waals surface area contributed by atoms with E-state index >= 15 is 0 Å². The van der Waals surface area contributed by atoms with Crippen molar-refractivity contribution in [1.82, 2.24) is 4.90 Å². The van der Waals surface area contributed by atoms with E-state index in [1.54, 1.807) is 0 Å². The van der Waals surface area contributed by atoms with Crippen molar-refractivity contribution < 1.29 is 9.47 Å². The summed E-state index contributed by atoms with van der Waals surface area (Å²) in [5, 5.41) is 8.29. The summed E-state index contributed by atoms with van der Waals surface area (Å²) in [5.41, 5.74) is 3.52. The number of rotatable bonds is 3. The van der Waals surface area contributed by atoms with Gasteiger partial charge in [-0.1, -0.05) is 30.3 Å². The molecule has 2 aliphatic heterocycles. The third-order valence-corrected chi connectivity index (χ3v) is 4.23. The van der Waals surface area contributed by atoms with Crippen molar-refractivity contribution >= 4 is 5.84 Å². The van der Waals surface area contributed by atoms with Gasteiger partial charge in [-0.15, -0.1) is 0 Å². The number of amidine groups is 1. The Kier molecular flexibility index (Phi) is 3.22. The molecule has 4 nitrogen and oxygen atoms in total. The highest BCUT2D eigenvalue weighted by Gasteiger charge is 2.23. The van der Waals surface area contributed by atoms with E-state index in [9.17, 15) is 0 Å². The second-order valence-electron chi connectivity index (χ2n) is 5.66. The first-order chi connectivity index (χ1) is 10.8. The summed E-state index contributed by atoms with van der Waals surface area (Å²) in [5.74, 6) is 2.30. The predicted molar refractivity (Wildman–Crippen MR) is 84.8 cm³/mol. The van der Waals surface area contributed by atoms with Crippen LogP contribution in [0.2, 0.25) is 0 Å². The maximum absolute atomic E-state index is 8.29. The molecule has 0 amide bonds. The maximum atomic E-state index is 8.29. The Labute approximate surface area is 129 Å². The molecule has 112 valence electrons. The van der Waals surface area contributed by atoms with Crippen LogP contribution < -0.4 is 9.47 Å². The molecule has 2 aromatic rings. The van der Waals surface area contributed by atoms with Gasteiger partial charge in [-0.3, -0.25) is 5.41 Å². The highest BCUT2D eigenvalue weighted by Crippen LogP contribution is 2.31. The van der Waals surface area contributed by atoms with E-state index in [4.69, 9.17) is 14.9 Å². The molecule has 0 aromatic heterocycles. The number of hydrogen-bond donors (Lipinski definition) is 1. The third kappa shape index (κ3) is 2.30. The maximum Gasteiger partial charge on any atom is 0.161 e. The van der Waals surface area contributed by atoms with Crippen LogP contribution in [0, 0.1) is 5.41 Å². The second kappa shape index (κ2) is 5.37. The van der Waals surface area contributed by atoms with E-state index in [1.807, 2.05) is 24.3 Å². The average Bonchev–Trinajstić information content (AvgIpc) is 2.89. The zero-order valence-corrected chi connectivity index (χ0v) is 12.3. The van der Waals surface area contributed by atoms with Crippen molar-refractivity contribution in [3.8, 4) is 11.5 Å². The molecule has 4 heteroatoms. The normalized spacial score (nSPS) is 15.8. The highest BCUT2D eigenvalue weighted by molar-refractivity contribution is 6.00. The number of ether oxygens (including phenoxy) is 2. The number of nitrogens with zero attached hydrogens (tertiary/aromatic N) is 1. The summed E-state index contributed by atoms with van der Waals surface area (Å²) < 4.78 is 11.2. The molecule has 0 unspecified atom stereocenters. The minimum absolute atomic E-state index is 0.614. The Hall–Kier alpha value is -2.49. The van der Waals surface area contributed by atoms with Crippen LogP contribution in [-0.2, 0) is 13.0 Å². The molecular weight excluding hydrogens is 276 g/mol. The molecular formula is C18H18N2O2. The van der Waals surface area contributed by atoms with Gasteiger partial charge in [-0.2, -0.15) is 0 Å². The fourth-order valence-electron chi connectivity index (χ4n) is 3.04. The predicted octanol–water partition coefficient (Wildman–Crippen LogP) is 2.84. The van der Waals surface area contributed by atoms with Crippen LogP contribution in [0.5, 0.6) is 11.5 Å². The lowest BCUT2D eigenvalue weighted by Gasteiger charge is -2.20. The van der Waals surface area contributed by atoms with Crippen LogP contribution >= 0.6 is 0 Å². The van der Waals surface area contributed by atoms with Crippen LogP contribution in [0.3, 0.4) is 0 Å². The number of benzene rings is 2. The van der Waals surface area contributed by atoms with Gasteiger partial charge < -0.3 is 14.4 Å². The largest absolute Gasteiger partial charge is 0.486 e. The zero-order chi connectivity index (χ0) is 14.9. The Balaban J connectivity index is 1.45. The van der Waals surface area contributed by atoms with Crippen LogP contribution in [0.1, 0.15) is 16.7 Å². The lowest BCUT2D eigenvalue weighted by molar-refractivity contribution is 0.171. The van der Waals surface area contributed by atoms with Crippen LogP contribution in [-0.4, -0.2) is 30.5 Å². The first-order valence-corrected chi connectivity index (χ1v) is 7.61. The SMILES string of the molecule is N=C1c2ccccc2CN1CCc1ccc2c(c1)OCCO2. The lowest BCUT2D eigenvalue weighted by Crippen LogP contribution is -2.26. The first-order valence-electron chi connectivity index (χ1n) is 7.61. The van der Waals surface area contributed by atoms with Crippen LogP contribution in [0.4, 0.5) is 0 Å². The lowest BCUT2D eigenvalue weighted by atomic mass is 10.1. The molecule has 2 aliphatic rings. The monoisotopic (exact) mass is 294 g/mol. The van der Waals surface area contributed by atoms with Gasteiger partial charge in [-0.05, 0) is 29.7 Å².